The molecule has 0 spiro atoms. The van der Waals surface area contributed by atoms with Crippen LogP contribution in [0.15, 0.2) is 18.2 Å². The van der Waals surface area contributed by atoms with E-state index in [0.717, 1.165) is 6.42 Å². The number of hydrogen-bond acceptors (Lipinski definition) is 3. The van der Waals surface area contributed by atoms with Gasteiger partial charge in [0.1, 0.15) is 5.75 Å². The molecule has 0 unspecified atom stereocenters. The van der Waals surface area contributed by atoms with Gasteiger partial charge >= 0.3 is 0 Å². The third-order valence-electron chi connectivity index (χ3n) is 3.71. The van der Waals surface area contributed by atoms with E-state index in [9.17, 15) is 14.7 Å². The van der Waals surface area contributed by atoms with Crippen LogP contribution in [0.25, 0.3) is 0 Å². The molecular weight excluding hydrogens is 304 g/mol. The molecule has 6 heteroatoms. The number of carbonyl (C=O) groups is 2. The fourth-order valence-corrected chi connectivity index (χ4v) is 2.94. The molecule has 0 aromatic heterocycles. The molecule has 2 atom stereocenters. The summed E-state index contributed by atoms with van der Waals surface area (Å²) in [5.41, 5.74) is 0.267. The minimum atomic E-state index is -0.393. The van der Waals surface area contributed by atoms with Gasteiger partial charge in [-0.25, -0.2) is 0 Å². The molecule has 0 radical (unpaired) electrons. The lowest BCUT2D eigenvalue weighted by molar-refractivity contribution is -0.131. The molecule has 5 nitrogen and oxygen atoms in total. The molecule has 2 amide bonds. The molecule has 1 aromatic carbocycles. The van der Waals surface area contributed by atoms with Gasteiger partial charge in [-0.2, -0.15) is 0 Å². The zero-order chi connectivity index (χ0) is 16.3. The number of amides is 2. The molecule has 1 aromatic rings. The molecule has 2 rings (SSSR count). The Balaban J connectivity index is 2.04. The smallest absolute Gasteiger partial charge is 0.228 e. The van der Waals surface area contributed by atoms with Crippen molar-refractivity contribution in [1.29, 1.82) is 0 Å². The van der Waals surface area contributed by atoms with Crippen molar-refractivity contribution in [3.63, 3.8) is 0 Å². The minimum Gasteiger partial charge on any atom is -0.506 e. The van der Waals surface area contributed by atoms with Crippen LogP contribution >= 0.6 is 11.6 Å². The predicted octanol–water partition coefficient (Wildman–Crippen LogP) is 2.93. The third-order valence-corrected chi connectivity index (χ3v) is 3.94. The first kappa shape index (κ1) is 16.6. The van der Waals surface area contributed by atoms with E-state index in [4.69, 9.17) is 11.6 Å². The lowest BCUT2D eigenvalue weighted by atomic mass is 9.87. The van der Waals surface area contributed by atoms with Gasteiger partial charge in [-0.3, -0.25) is 9.59 Å². The quantitative estimate of drug-likeness (QED) is 0.745. The highest BCUT2D eigenvalue weighted by Gasteiger charge is 2.31. The highest BCUT2D eigenvalue weighted by molar-refractivity contribution is 6.31. The third kappa shape index (κ3) is 4.37. The Labute approximate surface area is 135 Å². The highest BCUT2D eigenvalue weighted by atomic mass is 35.5. The summed E-state index contributed by atoms with van der Waals surface area (Å²) in [6.07, 6.45) is 1.62. The summed E-state index contributed by atoms with van der Waals surface area (Å²) in [5, 5.41) is 15.8. The van der Waals surface area contributed by atoms with Gasteiger partial charge in [0.2, 0.25) is 11.8 Å². The molecule has 0 aliphatic carbocycles. The van der Waals surface area contributed by atoms with Gasteiger partial charge < -0.3 is 15.7 Å². The Morgan fingerprint density at radius 3 is 2.91 bits per heavy atom. The van der Waals surface area contributed by atoms with Crippen molar-refractivity contribution in [2.75, 3.05) is 5.32 Å². The summed E-state index contributed by atoms with van der Waals surface area (Å²) < 4.78 is 0. The summed E-state index contributed by atoms with van der Waals surface area (Å²) in [5.74, 6) is -0.356. The first-order valence-electron chi connectivity index (χ1n) is 7.44. The Morgan fingerprint density at radius 2 is 2.23 bits per heavy atom. The van der Waals surface area contributed by atoms with Crippen molar-refractivity contribution in [3.8, 4) is 5.75 Å². The topological polar surface area (TPSA) is 78.4 Å². The van der Waals surface area contributed by atoms with Crippen LogP contribution in [0.2, 0.25) is 5.02 Å². The Morgan fingerprint density at radius 1 is 1.50 bits per heavy atom. The summed E-state index contributed by atoms with van der Waals surface area (Å²) in [6.45, 7) is 4.17. The van der Waals surface area contributed by atoms with Gasteiger partial charge in [-0.1, -0.05) is 25.4 Å². The number of anilines is 1. The molecule has 0 saturated carbocycles. The molecular formula is C16H21ClN2O3. The van der Waals surface area contributed by atoms with E-state index < -0.39 is 5.92 Å². The average Bonchev–Trinajstić information content (AvgIpc) is 2.41. The van der Waals surface area contributed by atoms with E-state index in [1.54, 1.807) is 6.07 Å². The zero-order valence-corrected chi connectivity index (χ0v) is 13.5. The standard InChI is InChI=1S/C16H21ClN2O3/c1-9(2)5-12-6-10(7-15(21)18-12)16(22)19-13-8-11(17)3-4-14(13)20/h3-4,8-10,12,20H,5-7H2,1-2H3,(H,18,21)(H,19,22)/t10-,12-/m1/s1. The molecule has 1 aliphatic rings. The maximum absolute atomic E-state index is 12.4. The lowest BCUT2D eigenvalue weighted by Crippen LogP contribution is -2.46. The number of halogens is 1. The van der Waals surface area contributed by atoms with E-state index in [-0.39, 0.29) is 35.7 Å². The van der Waals surface area contributed by atoms with Crippen LogP contribution in [-0.2, 0) is 9.59 Å². The normalized spacial score (nSPS) is 21.5. The summed E-state index contributed by atoms with van der Waals surface area (Å²) in [4.78, 5) is 24.1. The van der Waals surface area contributed by atoms with Crippen LogP contribution in [-0.4, -0.2) is 23.0 Å². The maximum Gasteiger partial charge on any atom is 0.228 e. The van der Waals surface area contributed by atoms with Crippen LogP contribution in [0, 0.1) is 11.8 Å². The average molecular weight is 325 g/mol. The van der Waals surface area contributed by atoms with Gasteiger partial charge in [0.05, 0.1) is 5.69 Å². The summed E-state index contributed by atoms with van der Waals surface area (Å²) in [6, 6.07) is 4.47. The van der Waals surface area contributed by atoms with Crippen molar-refractivity contribution < 1.29 is 14.7 Å². The van der Waals surface area contributed by atoms with E-state index in [1.807, 2.05) is 0 Å². The number of hydrogen-bond donors (Lipinski definition) is 3. The van der Waals surface area contributed by atoms with Crippen molar-refractivity contribution in [2.45, 2.75) is 39.2 Å². The second kappa shape index (κ2) is 7.01. The van der Waals surface area contributed by atoms with Crippen molar-refractivity contribution in [2.24, 2.45) is 11.8 Å². The molecule has 0 bridgehead atoms. The van der Waals surface area contributed by atoms with Crippen LogP contribution in [0.5, 0.6) is 5.75 Å². The molecule has 3 N–H and O–H groups in total. The van der Waals surface area contributed by atoms with Gasteiger partial charge in [-0.15, -0.1) is 0 Å². The number of aromatic hydroxyl groups is 1. The van der Waals surface area contributed by atoms with Crippen LogP contribution in [0.1, 0.15) is 33.1 Å². The second-order valence-corrected chi connectivity index (χ2v) is 6.62. The number of nitrogens with one attached hydrogen (secondary N) is 2. The van der Waals surface area contributed by atoms with Gasteiger partial charge in [0.25, 0.3) is 0 Å². The van der Waals surface area contributed by atoms with E-state index >= 15 is 0 Å². The van der Waals surface area contributed by atoms with Crippen LogP contribution in [0.3, 0.4) is 0 Å². The van der Waals surface area contributed by atoms with Gasteiger partial charge in [0, 0.05) is 23.4 Å². The Bertz CT molecular complexity index is 575. The second-order valence-electron chi connectivity index (χ2n) is 6.18. The largest absolute Gasteiger partial charge is 0.506 e. The van der Waals surface area contributed by atoms with Crippen LogP contribution < -0.4 is 10.6 Å². The fraction of sp³-hybridized carbons (Fsp3) is 0.500. The molecule has 1 aliphatic heterocycles. The number of piperidine rings is 1. The van der Waals surface area contributed by atoms with Crippen molar-refractivity contribution in [1.82, 2.24) is 5.32 Å². The minimum absolute atomic E-state index is 0.0185. The lowest BCUT2D eigenvalue weighted by Gasteiger charge is -2.30. The SMILES string of the molecule is CC(C)C[C@@H]1C[C@@H](C(=O)Nc2cc(Cl)ccc2O)CC(=O)N1. The summed E-state index contributed by atoms with van der Waals surface area (Å²) >= 11 is 5.86. The van der Waals surface area contributed by atoms with Gasteiger partial charge in [-0.05, 0) is 37.0 Å². The number of phenols is 1. The van der Waals surface area contributed by atoms with Crippen molar-refractivity contribution >= 4 is 29.1 Å². The Hall–Kier alpha value is -1.75. The van der Waals surface area contributed by atoms with E-state index in [1.165, 1.54) is 12.1 Å². The number of rotatable bonds is 4. The van der Waals surface area contributed by atoms with Crippen molar-refractivity contribution in [3.05, 3.63) is 23.2 Å². The van der Waals surface area contributed by atoms with Crippen LogP contribution in [0.4, 0.5) is 5.69 Å². The Kier molecular flexibility index (Phi) is 5.29. The zero-order valence-electron chi connectivity index (χ0n) is 12.7. The maximum atomic E-state index is 12.4. The first-order valence-corrected chi connectivity index (χ1v) is 7.81. The summed E-state index contributed by atoms with van der Waals surface area (Å²) in [7, 11) is 0. The van der Waals surface area contributed by atoms with E-state index in [2.05, 4.69) is 24.5 Å². The molecule has 120 valence electrons. The monoisotopic (exact) mass is 324 g/mol. The van der Waals surface area contributed by atoms with E-state index in [0.29, 0.717) is 17.4 Å². The molecule has 1 heterocycles. The first-order chi connectivity index (χ1) is 10.3. The molecule has 22 heavy (non-hydrogen) atoms. The molecule has 1 fully saturated rings. The fourth-order valence-electron chi connectivity index (χ4n) is 2.76. The predicted molar refractivity (Wildman–Crippen MR) is 85.9 cm³/mol. The molecule has 1 saturated heterocycles. The number of carbonyl (C=O) groups excluding carboxylic acids is 2. The number of benzene rings is 1. The highest BCUT2D eigenvalue weighted by Crippen LogP contribution is 2.29. The van der Waals surface area contributed by atoms with Gasteiger partial charge in [0.15, 0.2) is 0 Å². The number of phenolic OH excluding ortho intramolecular Hbond substituents is 1.